The molecule has 21 heavy (non-hydrogen) atoms. The van der Waals surface area contributed by atoms with Gasteiger partial charge in [-0.3, -0.25) is 10.1 Å². The van der Waals surface area contributed by atoms with Gasteiger partial charge >= 0.3 is 0 Å². The van der Waals surface area contributed by atoms with Crippen molar-refractivity contribution in [3.05, 3.63) is 64.0 Å². The number of nitrogens with zero attached hydrogens (tertiary/aromatic N) is 2. The molecule has 0 fully saturated rings. The van der Waals surface area contributed by atoms with Crippen LogP contribution in [0.2, 0.25) is 0 Å². The zero-order valence-electron chi connectivity index (χ0n) is 11.4. The largest absolute Gasteiger partial charge is 0.485 e. The second kappa shape index (κ2) is 5.24. The SMILES string of the molecule is Cc1cc([N+](=O)[O-])ccc1OCc1nc2ccccc2[nH]1. The molecule has 1 N–H and O–H groups in total. The normalized spacial score (nSPS) is 10.7. The number of aromatic nitrogens is 2. The van der Waals surface area contributed by atoms with Crippen molar-refractivity contribution in [2.75, 3.05) is 0 Å². The molecule has 3 aromatic rings. The predicted molar refractivity (Wildman–Crippen MR) is 78.3 cm³/mol. The minimum absolute atomic E-state index is 0.0589. The highest BCUT2D eigenvalue weighted by molar-refractivity contribution is 5.74. The summed E-state index contributed by atoms with van der Waals surface area (Å²) in [6.45, 7) is 2.06. The van der Waals surface area contributed by atoms with E-state index in [4.69, 9.17) is 4.74 Å². The van der Waals surface area contributed by atoms with Gasteiger partial charge in [-0.15, -0.1) is 0 Å². The van der Waals surface area contributed by atoms with Crippen molar-refractivity contribution >= 4 is 16.7 Å². The van der Waals surface area contributed by atoms with Crippen LogP contribution in [-0.4, -0.2) is 14.9 Å². The zero-order chi connectivity index (χ0) is 14.8. The van der Waals surface area contributed by atoms with Gasteiger partial charge in [0.25, 0.3) is 5.69 Å². The number of benzene rings is 2. The van der Waals surface area contributed by atoms with Gasteiger partial charge in [0.05, 0.1) is 16.0 Å². The number of hydrogen-bond acceptors (Lipinski definition) is 4. The van der Waals surface area contributed by atoms with Gasteiger partial charge in [0.15, 0.2) is 0 Å². The van der Waals surface area contributed by atoms with Crippen molar-refractivity contribution < 1.29 is 9.66 Å². The molecule has 6 heteroatoms. The Morgan fingerprint density at radius 3 is 2.81 bits per heavy atom. The Morgan fingerprint density at radius 2 is 2.10 bits per heavy atom. The third-order valence-corrected chi connectivity index (χ3v) is 3.17. The van der Waals surface area contributed by atoms with Gasteiger partial charge in [-0.2, -0.15) is 0 Å². The lowest BCUT2D eigenvalue weighted by Crippen LogP contribution is -1.99. The van der Waals surface area contributed by atoms with Gasteiger partial charge in [-0.25, -0.2) is 4.98 Å². The lowest BCUT2D eigenvalue weighted by molar-refractivity contribution is -0.384. The van der Waals surface area contributed by atoms with Gasteiger partial charge in [-0.1, -0.05) is 12.1 Å². The van der Waals surface area contributed by atoms with Gasteiger partial charge in [0, 0.05) is 12.1 Å². The van der Waals surface area contributed by atoms with E-state index in [1.807, 2.05) is 24.3 Å². The molecule has 0 unspecified atom stereocenters. The number of hydrogen-bond donors (Lipinski definition) is 1. The van der Waals surface area contributed by atoms with E-state index in [0.29, 0.717) is 11.6 Å². The van der Waals surface area contributed by atoms with Crippen LogP contribution in [0.3, 0.4) is 0 Å². The van der Waals surface area contributed by atoms with Crippen LogP contribution in [0.4, 0.5) is 5.69 Å². The monoisotopic (exact) mass is 283 g/mol. The number of imidazole rings is 1. The van der Waals surface area contributed by atoms with Crippen molar-refractivity contribution in [1.29, 1.82) is 0 Å². The minimum Gasteiger partial charge on any atom is -0.485 e. The molecule has 106 valence electrons. The number of non-ortho nitro benzene ring substituents is 1. The Morgan fingerprint density at radius 1 is 1.29 bits per heavy atom. The summed E-state index contributed by atoms with van der Waals surface area (Å²) in [5, 5.41) is 10.7. The van der Waals surface area contributed by atoms with Crippen molar-refractivity contribution in [3.63, 3.8) is 0 Å². The topological polar surface area (TPSA) is 81.1 Å². The summed E-state index contributed by atoms with van der Waals surface area (Å²) in [6.07, 6.45) is 0. The van der Waals surface area contributed by atoms with Crippen molar-refractivity contribution in [1.82, 2.24) is 9.97 Å². The van der Waals surface area contributed by atoms with Gasteiger partial charge in [0.2, 0.25) is 0 Å². The lowest BCUT2D eigenvalue weighted by Gasteiger charge is -2.07. The zero-order valence-corrected chi connectivity index (χ0v) is 11.4. The van der Waals surface area contributed by atoms with E-state index >= 15 is 0 Å². The Kier molecular flexibility index (Phi) is 3.27. The summed E-state index contributed by atoms with van der Waals surface area (Å²) in [7, 11) is 0. The maximum absolute atomic E-state index is 10.7. The molecule has 0 atom stereocenters. The first-order valence-electron chi connectivity index (χ1n) is 6.45. The number of fused-ring (bicyclic) bond motifs is 1. The summed E-state index contributed by atoms with van der Waals surface area (Å²) >= 11 is 0. The number of H-pyrrole nitrogens is 1. The highest BCUT2D eigenvalue weighted by Gasteiger charge is 2.09. The number of nitro groups is 1. The average molecular weight is 283 g/mol. The average Bonchev–Trinajstić information content (AvgIpc) is 2.88. The summed E-state index contributed by atoms with van der Waals surface area (Å²) in [5.74, 6) is 1.33. The third kappa shape index (κ3) is 2.69. The van der Waals surface area contributed by atoms with Crippen molar-refractivity contribution in [3.8, 4) is 5.75 Å². The number of rotatable bonds is 4. The number of ether oxygens (including phenoxy) is 1. The molecular weight excluding hydrogens is 270 g/mol. The fourth-order valence-corrected chi connectivity index (χ4v) is 2.13. The molecule has 2 aromatic carbocycles. The van der Waals surface area contributed by atoms with Crippen molar-refractivity contribution in [2.45, 2.75) is 13.5 Å². The molecule has 0 aliphatic rings. The van der Waals surface area contributed by atoms with E-state index in [9.17, 15) is 10.1 Å². The van der Waals surface area contributed by atoms with E-state index in [1.165, 1.54) is 12.1 Å². The quantitative estimate of drug-likeness (QED) is 0.588. The molecule has 3 rings (SSSR count). The minimum atomic E-state index is -0.421. The number of para-hydroxylation sites is 2. The number of aromatic amines is 1. The molecule has 0 aliphatic heterocycles. The van der Waals surface area contributed by atoms with Crippen molar-refractivity contribution in [2.24, 2.45) is 0 Å². The first-order valence-corrected chi connectivity index (χ1v) is 6.45. The Bertz CT molecular complexity index is 778. The number of aryl methyl sites for hydroxylation is 1. The van der Waals surface area contributed by atoms with E-state index in [0.717, 1.165) is 16.6 Å². The molecular formula is C15H13N3O3. The van der Waals surface area contributed by atoms with Crippen LogP contribution in [0.15, 0.2) is 42.5 Å². The molecule has 0 aliphatic carbocycles. The molecule has 1 heterocycles. The van der Waals surface area contributed by atoms with Gasteiger partial charge in [-0.05, 0) is 30.7 Å². The predicted octanol–water partition coefficient (Wildman–Crippen LogP) is 3.36. The van der Waals surface area contributed by atoms with E-state index < -0.39 is 4.92 Å². The Hall–Kier alpha value is -2.89. The summed E-state index contributed by atoms with van der Waals surface area (Å²) in [6, 6.07) is 12.3. The maximum atomic E-state index is 10.7. The summed E-state index contributed by atoms with van der Waals surface area (Å²) in [4.78, 5) is 17.9. The highest BCUT2D eigenvalue weighted by atomic mass is 16.6. The Balaban J connectivity index is 1.76. The van der Waals surface area contributed by atoms with E-state index in [1.54, 1.807) is 13.0 Å². The van der Waals surface area contributed by atoms with Crippen LogP contribution < -0.4 is 4.74 Å². The van der Waals surface area contributed by atoms with Crippen LogP contribution in [0.5, 0.6) is 5.75 Å². The van der Waals surface area contributed by atoms with Gasteiger partial charge < -0.3 is 9.72 Å². The fraction of sp³-hybridized carbons (Fsp3) is 0.133. The molecule has 0 amide bonds. The second-order valence-electron chi connectivity index (χ2n) is 4.70. The molecule has 0 spiro atoms. The standard InChI is InChI=1S/C15H13N3O3/c1-10-8-11(18(19)20)6-7-14(10)21-9-15-16-12-4-2-3-5-13(12)17-15/h2-8H,9H2,1H3,(H,16,17). The first kappa shape index (κ1) is 13.1. The molecule has 0 saturated heterocycles. The van der Waals surface area contributed by atoms with E-state index in [2.05, 4.69) is 9.97 Å². The number of nitro benzene ring substituents is 1. The lowest BCUT2D eigenvalue weighted by atomic mass is 10.2. The van der Waals surface area contributed by atoms with Crippen LogP contribution >= 0.6 is 0 Å². The van der Waals surface area contributed by atoms with Crippen LogP contribution in [0.1, 0.15) is 11.4 Å². The molecule has 0 saturated carbocycles. The molecule has 1 aromatic heterocycles. The van der Waals surface area contributed by atoms with Gasteiger partial charge in [0.1, 0.15) is 18.2 Å². The third-order valence-electron chi connectivity index (χ3n) is 3.17. The van der Waals surface area contributed by atoms with Crippen LogP contribution in [0.25, 0.3) is 11.0 Å². The highest BCUT2D eigenvalue weighted by Crippen LogP contribution is 2.24. The van der Waals surface area contributed by atoms with Crippen LogP contribution in [-0.2, 0) is 6.61 Å². The second-order valence-corrected chi connectivity index (χ2v) is 4.70. The van der Waals surface area contributed by atoms with Crippen LogP contribution in [0, 0.1) is 17.0 Å². The molecule has 6 nitrogen and oxygen atoms in total. The van der Waals surface area contributed by atoms with E-state index in [-0.39, 0.29) is 12.3 Å². The number of nitrogens with one attached hydrogen (secondary N) is 1. The fourth-order valence-electron chi connectivity index (χ4n) is 2.13. The Labute approximate surface area is 120 Å². The summed E-state index contributed by atoms with van der Waals surface area (Å²) in [5.41, 5.74) is 2.62. The summed E-state index contributed by atoms with van der Waals surface area (Å²) < 4.78 is 5.67. The molecule has 0 radical (unpaired) electrons. The smallest absolute Gasteiger partial charge is 0.269 e. The maximum Gasteiger partial charge on any atom is 0.269 e. The molecule has 0 bridgehead atoms. The first-order chi connectivity index (χ1) is 10.1.